The van der Waals surface area contributed by atoms with Gasteiger partial charge in [-0.15, -0.1) is 0 Å². The Bertz CT molecular complexity index is 551. The molecule has 4 nitrogen and oxygen atoms in total. The van der Waals surface area contributed by atoms with Gasteiger partial charge in [0.1, 0.15) is 5.82 Å². The molecule has 2 aromatic heterocycles. The number of halogens is 1. The summed E-state index contributed by atoms with van der Waals surface area (Å²) in [6.07, 6.45) is 4.09. The first-order chi connectivity index (χ1) is 7.66. The van der Waals surface area contributed by atoms with Gasteiger partial charge in [0.15, 0.2) is 0 Å². The number of aromatic amines is 1. The van der Waals surface area contributed by atoms with Crippen LogP contribution in [0.3, 0.4) is 0 Å². The largest absolute Gasteiger partial charge is 0.309 e. The molecule has 1 N–H and O–H groups in total. The molecule has 2 aromatic rings. The molecule has 2 rings (SSSR count). The maximum absolute atomic E-state index is 11.5. The Kier molecular flexibility index (Phi) is 3.33. The zero-order valence-electron chi connectivity index (χ0n) is 8.70. The van der Waals surface area contributed by atoms with E-state index in [1.807, 2.05) is 41.6 Å². The molecule has 0 aliphatic rings. The first kappa shape index (κ1) is 11.3. The Morgan fingerprint density at radius 1 is 1.50 bits per heavy atom. The maximum Gasteiger partial charge on any atom is 0.264 e. The van der Waals surface area contributed by atoms with Crippen LogP contribution in [-0.2, 0) is 6.42 Å². The molecule has 0 saturated carbocycles. The summed E-state index contributed by atoms with van der Waals surface area (Å²) in [5.74, 6) is 0.677. The fraction of sp³-hybridized carbons (Fsp3) is 0.182. The number of nitrogens with zero attached hydrogens (tertiary/aromatic N) is 2. The lowest BCUT2D eigenvalue weighted by Gasteiger charge is -2.03. The van der Waals surface area contributed by atoms with Crippen LogP contribution in [0.5, 0.6) is 0 Å². The fourth-order valence-electron chi connectivity index (χ4n) is 1.41. The second-order valence-corrected chi connectivity index (χ2v) is 4.53. The predicted molar refractivity (Wildman–Crippen MR) is 69.4 cm³/mol. The van der Waals surface area contributed by atoms with E-state index in [2.05, 4.69) is 15.0 Å². The number of hydrogen-bond acceptors (Lipinski definition) is 3. The van der Waals surface area contributed by atoms with E-state index in [-0.39, 0.29) is 5.56 Å². The van der Waals surface area contributed by atoms with Gasteiger partial charge in [-0.05, 0) is 41.1 Å². The Morgan fingerprint density at radius 2 is 2.31 bits per heavy atom. The monoisotopic (exact) mass is 327 g/mol. The van der Waals surface area contributed by atoms with Gasteiger partial charge in [0, 0.05) is 18.8 Å². The van der Waals surface area contributed by atoms with Crippen molar-refractivity contribution in [2.45, 2.75) is 13.3 Å². The Morgan fingerprint density at radius 3 is 2.94 bits per heavy atom. The van der Waals surface area contributed by atoms with E-state index in [1.54, 1.807) is 12.4 Å². The molecule has 0 bridgehead atoms. The highest BCUT2D eigenvalue weighted by Gasteiger charge is 2.05. The van der Waals surface area contributed by atoms with Crippen LogP contribution in [-0.4, -0.2) is 15.0 Å². The van der Waals surface area contributed by atoms with Crippen molar-refractivity contribution in [1.29, 1.82) is 0 Å². The molecule has 0 unspecified atom stereocenters. The van der Waals surface area contributed by atoms with Crippen LogP contribution < -0.4 is 5.56 Å². The van der Waals surface area contributed by atoms with E-state index in [1.165, 1.54) is 0 Å². The summed E-state index contributed by atoms with van der Waals surface area (Å²) in [5, 5.41) is 0. The fourth-order valence-corrected chi connectivity index (χ4v) is 1.66. The average Bonchev–Trinajstić information content (AvgIpc) is 2.27. The first-order valence-electron chi connectivity index (χ1n) is 4.81. The summed E-state index contributed by atoms with van der Waals surface area (Å²) in [7, 11) is 0. The van der Waals surface area contributed by atoms with E-state index in [0.29, 0.717) is 15.8 Å². The molecule has 82 valence electrons. The Labute approximate surface area is 106 Å². The van der Waals surface area contributed by atoms with Gasteiger partial charge in [0.05, 0.1) is 9.26 Å². The van der Waals surface area contributed by atoms with E-state index in [9.17, 15) is 4.79 Å². The van der Waals surface area contributed by atoms with Crippen LogP contribution in [0.25, 0.3) is 0 Å². The van der Waals surface area contributed by atoms with Crippen molar-refractivity contribution in [3.63, 3.8) is 0 Å². The molecular formula is C11H10IN3O. The van der Waals surface area contributed by atoms with Gasteiger partial charge in [-0.3, -0.25) is 9.78 Å². The van der Waals surface area contributed by atoms with Crippen LogP contribution >= 0.6 is 22.6 Å². The maximum atomic E-state index is 11.5. The highest BCUT2D eigenvalue weighted by Crippen LogP contribution is 2.06. The zero-order valence-corrected chi connectivity index (χ0v) is 10.9. The van der Waals surface area contributed by atoms with Crippen LogP contribution in [0.4, 0.5) is 0 Å². The highest BCUT2D eigenvalue weighted by molar-refractivity contribution is 14.1. The molecule has 0 aliphatic heterocycles. The van der Waals surface area contributed by atoms with Crippen molar-refractivity contribution in [2.24, 2.45) is 0 Å². The summed E-state index contributed by atoms with van der Waals surface area (Å²) < 4.78 is 0.646. The third-order valence-corrected chi connectivity index (χ3v) is 3.44. The van der Waals surface area contributed by atoms with Gasteiger partial charge < -0.3 is 4.98 Å². The Hall–Kier alpha value is -1.24. The van der Waals surface area contributed by atoms with Gasteiger partial charge >= 0.3 is 0 Å². The SMILES string of the molecule is Cc1nc(Cc2cccnc2)[nH]c(=O)c1I. The van der Waals surface area contributed by atoms with E-state index < -0.39 is 0 Å². The first-order valence-corrected chi connectivity index (χ1v) is 5.89. The molecule has 0 aromatic carbocycles. The van der Waals surface area contributed by atoms with E-state index >= 15 is 0 Å². The topological polar surface area (TPSA) is 58.6 Å². The van der Waals surface area contributed by atoms with Crippen molar-refractivity contribution in [3.05, 3.63) is 55.5 Å². The van der Waals surface area contributed by atoms with Crippen molar-refractivity contribution in [1.82, 2.24) is 15.0 Å². The van der Waals surface area contributed by atoms with Crippen LogP contribution in [0, 0.1) is 10.5 Å². The number of H-pyrrole nitrogens is 1. The minimum Gasteiger partial charge on any atom is -0.309 e. The standard InChI is InChI=1S/C11H10IN3O/c1-7-10(12)11(16)15-9(14-7)5-8-3-2-4-13-6-8/h2-4,6H,5H2,1H3,(H,14,15,16). The molecular weight excluding hydrogens is 317 g/mol. The normalized spacial score (nSPS) is 10.4. The van der Waals surface area contributed by atoms with Crippen LogP contribution in [0.15, 0.2) is 29.3 Å². The number of aromatic nitrogens is 3. The number of pyridine rings is 1. The van der Waals surface area contributed by atoms with E-state index in [4.69, 9.17) is 0 Å². The number of hydrogen-bond donors (Lipinski definition) is 1. The van der Waals surface area contributed by atoms with Gasteiger partial charge in [-0.1, -0.05) is 6.07 Å². The van der Waals surface area contributed by atoms with Crippen molar-refractivity contribution >= 4 is 22.6 Å². The molecule has 16 heavy (non-hydrogen) atoms. The Balaban J connectivity index is 2.33. The molecule has 0 saturated heterocycles. The zero-order chi connectivity index (χ0) is 11.5. The molecule has 0 radical (unpaired) electrons. The van der Waals surface area contributed by atoms with Gasteiger partial charge in [-0.2, -0.15) is 0 Å². The quantitative estimate of drug-likeness (QED) is 0.854. The average molecular weight is 327 g/mol. The lowest BCUT2D eigenvalue weighted by Crippen LogP contribution is -2.16. The number of aryl methyl sites for hydroxylation is 1. The summed E-state index contributed by atoms with van der Waals surface area (Å²) in [6.45, 7) is 1.84. The smallest absolute Gasteiger partial charge is 0.264 e. The summed E-state index contributed by atoms with van der Waals surface area (Å²) in [6, 6.07) is 3.83. The molecule has 2 heterocycles. The van der Waals surface area contributed by atoms with Gasteiger partial charge in [-0.25, -0.2) is 4.98 Å². The minimum atomic E-state index is -0.0769. The molecule has 5 heteroatoms. The third kappa shape index (κ3) is 2.46. The van der Waals surface area contributed by atoms with Crippen LogP contribution in [0.2, 0.25) is 0 Å². The summed E-state index contributed by atoms with van der Waals surface area (Å²) in [5.41, 5.74) is 1.72. The van der Waals surface area contributed by atoms with Crippen molar-refractivity contribution in [3.8, 4) is 0 Å². The summed E-state index contributed by atoms with van der Waals surface area (Å²) >= 11 is 2.00. The molecule has 0 fully saturated rings. The third-order valence-electron chi connectivity index (χ3n) is 2.17. The minimum absolute atomic E-state index is 0.0769. The lowest BCUT2D eigenvalue weighted by atomic mass is 10.2. The lowest BCUT2D eigenvalue weighted by molar-refractivity contribution is 0.906. The van der Waals surface area contributed by atoms with Crippen molar-refractivity contribution in [2.75, 3.05) is 0 Å². The molecule has 0 spiro atoms. The number of rotatable bonds is 2. The van der Waals surface area contributed by atoms with E-state index in [0.717, 1.165) is 11.3 Å². The highest BCUT2D eigenvalue weighted by atomic mass is 127. The molecule has 0 amide bonds. The van der Waals surface area contributed by atoms with Crippen molar-refractivity contribution < 1.29 is 0 Å². The summed E-state index contributed by atoms with van der Waals surface area (Å²) in [4.78, 5) is 22.7. The molecule has 0 aliphatic carbocycles. The van der Waals surface area contributed by atoms with Gasteiger partial charge in [0.25, 0.3) is 5.56 Å². The second-order valence-electron chi connectivity index (χ2n) is 3.45. The molecule has 0 atom stereocenters. The second kappa shape index (κ2) is 4.73. The van der Waals surface area contributed by atoms with Gasteiger partial charge in [0.2, 0.25) is 0 Å². The number of nitrogens with one attached hydrogen (secondary N) is 1. The van der Waals surface area contributed by atoms with Crippen LogP contribution in [0.1, 0.15) is 17.1 Å². The predicted octanol–water partition coefficient (Wildman–Crippen LogP) is 1.67.